The van der Waals surface area contributed by atoms with Crippen LogP contribution < -0.4 is 10.6 Å². The van der Waals surface area contributed by atoms with E-state index in [9.17, 15) is 4.79 Å². The van der Waals surface area contributed by atoms with E-state index in [2.05, 4.69) is 25.2 Å². The summed E-state index contributed by atoms with van der Waals surface area (Å²) in [6.07, 6.45) is 7.27. The summed E-state index contributed by atoms with van der Waals surface area (Å²) in [5.41, 5.74) is 0.590. The molecule has 1 amide bonds. The maximum Gasteiger partial charge on any atom is 0.255 e. The number of aromatic nitrogens is 3. The van der Waals surface area contributed by atoms with Gasteiger partial charge in [0.05, 0.1) is 5.56 Å². The number of aryl methyl sites for hydroxylation is 1. The Hall–Kier alpha value is -2.37. The van der Waals surface area contributed by atoms with Gasteiger partial charge < -0.3 is 15.2 Å². The fraction of sp³-hybridized carbons (Fsp3) is 0.438. The summed E-state index contributed by atoms with van der Waals surface area (Å²) in [5.74, 6) is 1.65. The Balaban J connectivity index is 1.70. The third-order valence-electron chi connectivity index (χ3n) is 3.75. The maximum absolute atomic E-state index is 12.5. The van der Waals surface area contributed by atoms with Gasteiger partial charge in [-0.25, -0.2) is 9.97 Å². The Labute approximate surface area is 130 Å². The molecule has 1 unspecified atom stereocenters. The molecule has 3 rings (SSSR count). The number of hydrogen-bond donors (Lipinski definition) is 2. The van der Waals surface area contributed by atoms with E-state index in [4.69, 9.17) is 0 Å². The number of fused-ring (bicyclic) bond motifs is 1. The topological polar surface area (TPSA) is 71.8 Å². The molecule has 3 heterocycles. The van der Waals surface area contributed by atoms with Gasteiger partial charge in [0.25, 0.3) is 5.91 Å². The summed E-state index contributed by atoms with van der Waals surface area (Å²) in [5, 5.41) is 6.33. The molecule has 1 aliphatic heterocycles. The van der Waals surface area contributed by atoms with E-state index in [1.165, 1.54) is 0 Å². The first kappa shape index (κ1) is 14.6. The first-order valence-electron chi connectivity index (χ1n) is 7.66. The molecule has 6 heteroatoms. The minimum absolute atomic E-state index is 0.0789. The molecule has 6 nitrogen and oxygen atoms in total. The average molecular weight is 299 g/mol. The van der Waals surface area contributed by atoms with Crippen molar-refractivity contribution in [3.63, 3.8) is 0 Å². The Morgan fingerprint density at radius 1 is 1.36 bits per heavy atom. The molecule has 0 radical (unpaired) electrons. The highest BCUT2D eigenvalue weighted by Gasteiger charge is 2.22. The molecule has 0 bridgehead atoms. The normalized spacial score (nSPS) is 17.1. The molecule has 0 fully saturated rings. The number of hydrogen-bond acceptors (Lipinski definition) is 4. The fourth-order valence-electron chi connectivity index (χ4n) is 2.72. The number of imidazole rings is 1. The van der Waals surface area contributed by atoms with Gasteiger partial charge in [-0.2, -0.15) is 0 Å². The minimum atomic E-state index is -0.0789. The van der Waals surface area contributed by atoms with Gasteiger partial charge in [-0.15, -0.1) is 0 Å². The van der Waals surface area contributed by atoms with Crippen molar-refractivity contribution in [2.75, 3.05) is 5.32 Å². The van der Waals surface area contributed by atoms with E-state index in [1.54, 1.807) is 18.3 Å². The highest BCUT2D eigenvalue weighted by Crippen LogP contribution is 2.16. The van der Waals surface area contributed by atoms with Crippen molar-refractivity contribution in [3.05, 3.63) is 42.1 Å². The van der Waals surface area contributed by atoms with Crippen LogP contribution in [0.5, 0.6) is 0 Å². The van der Waals surface area contributed by atoms with Gasteiger partial charge in [-0.1, -0.05) is 0 Å². The molecular formula is C16H21N5O. The SMILES string of the molecule is CC(C)Nc1ncccc1C(=O)NC1CCc2nccn2C1. The van der Waals surface area contributed by atoms with Gasteiger partial charge in [-0.3, -0.25) is 4.79 Å². The molecule has 0 aliphatic carbocycles. The molecule has 2 N–H and O–H groups in total. The van der Waals surface area contributed by atoms with Gasteiger partial charge in [0.15, 0.2) is 0 Å². The van der Waals surface area contributed by atoms with E-state index < -0.39 is 0 Å². The highest BCUT2D eigenvalue weighted by atomic mass is 16.1. The van der Waals surface area contributed by atoms with Crippen LogP contribution in [0.4, 0.5) is 5.82 Å². The Morgan fingerprint density at radius 3 is 3.05 bits per heavy atom. The van der Waals surface area contributed by atoms with Crippen molar-refractivity contribution < 1.29 is 4.79 Å². The van der Waals surface area contributed by atoms with Crippen LogP contribution in [0.15, 0.2) is 30.7 Å². The van der Waals surface area contributed by atoms with Gasteiger partial charge in [-0.05, 0) is 32.4 Å². The van der Waals surface area contributed by atoms with Crippen LogP contribution in [0, 0.1) is 0 Å². The zero-order valence-electron chi connectivity index (χ0n) is 12.9. The van der Waals surface area contributed by atoms with E-state index in [0.717, 1.165) is 25.2 Å². The summed E-state index contributed by atoms with van der Waals surface area (Å²) in [6, 6.07) is 3.94. The van der Waals surface area contributed by atoms with E-state index >= 15 is 0 Å². The van der Waals surface area contributed by atoms with Crippen LogP contribution >= 0.6 is 0 Å². The number of anilines is 1. The number of carbonyl (C=O) groups is 1. The summed E-state index contributed by atoms with van der Waals surface area (Å²) in [4.78, 5) is 21.1. The molecule has 1 aliphatic rings. The largest absolute Gasteiger partial charge is 0.367 e. The molecule has 2 aromatic heterocycles. The Kier molecular flexibility index (Phi) is 4.09. The third kappa shape index (κ3) is 3.10. The van der Waals surface area contributed by atoms with Crippen molar-refractivity contribution in [2.24, 2.45) is 0 Å². The summed E-state index contributed by atoms with van der Waals surface area (Å²) in [7, 11) is 0. The van der Waals surface area contributed by atoms with Gasteiger partial charge in [0.2, 0.25) is 0 Å². The molecule has 0 saturated carbocycles. The number of pyridine rings is 1. The first-order valence-corrected chi connectivity index (χ1v) is 7.66. The third-order valence-corrected chi connectivity index (χ3v) is 3.75. The van der Waals surface area contributed by atoms with Gasteiger partial charge in [0, 0.05) is 43.6 Å². The number of nitrogens with one attached hydrogen (secondary N) is 2. The molecule has 2 aromatic rings. The predicted octanol–water partition coefficient (Wildman–Crippen LogP) is 1.84. The summed E-state index contributed by atoms with van der Waals surface area (Å²) in [6.45, 7) is 4.82. The lowest BCUT2D eigenvalue weighted by atomic mass is 10.1. The van der Waals surface area contributed by atoms with Crippen molar-refractivity contribution >= 4 is 11.7 Å². The van der Waals surface area contributed by atoms with E-state index in [1.807, 2.05) is 26.2 Å². The molecule has 1 atom stereocenters. The smallest absolute Gasteiger partial charge is 0.255 e. The number of carbonyl (C=O) groups excluding carboxylic acids is 1. The van der Waals surface area contributed by atoms with Crippen LogP contribution in [0.3, 0.4) is 0 Å². The molecular weight excluding hydrogens is 278 g/mol. The quantitative estimate of drug-likeness (QED) is 0.903. The van der Waals surface area contributed by atoms with Crippen LogP contribution in [0.2, 0.25) is 0 Å². The van der Waals surface area contributed by atoms with E-state index in [-0.39, 0.29) is 18.0 Å². The Morgan fingerprint density at radius 2 is 2.23 bits per heavy atom. The Bertz CT molecular complexity index is 664. The van der Waals surface area contributed by atoms with Gasteiger partial charge in [0.1, 0.15) is 11.6 Å². The summed E-state index contributed by atoms with van der Waals surface area (Å²) < 4.78 is 2.10. The van der Waals surface area contributed by atoms with E-state index in [0.29, 0.717) is 11.4 Å². The van der Waals surface area contributed by atoms with Crippen molar-refractivity contribution in [1.82, 2.24) is 19.9 Å². The predicted molar refractivity (Wildman–Crippen MR) is 84.8 cm³/mol. The second kappa shape index (κ2) is 6.17. The zero-order chi connectivity index (χ0) is 15.5. The number of rotatable bonds is 4. The lowest BCUT2D eigenvalue weighted by Gasteiger charge is -2.25. The first-order chi connectivity index (χ1) is 10.6. The minimum Gasteiger partial charge on any atom is -0.367 e. The van der Waals surface area contributed by atoms with Crippen molar-refractivity contribution in [2.45, 2.75) is 45.3 Å². The summed E-state index contributed by atoms with van der Waals surface area (Å²) >= 11 is 0. The van der Waals surface area contributed by atoms with Crippen molar-refractivity contribution in [3.8, 4) is 0 Å². The molecule has 0 spiro atoms. The molecule has 0 saturated heterocycles. The van der Waals surface area contributed by atoms with Gasteiger partial charge >= 0.3 is 0 Å². The lowest BCUT2D eigenvalue weighted by Crippen LogP contribution is -2.41. The standard InChI is InChI=1S/C16H21N5O/c1-11(2)19-15-13(4-3-7-18-15)16(22)20-12-5-6-14-17-8-9-21(14)10-12/h3-4,7-9,11-12H,5-6,10H2,1-2H3,(H,18,19)(H,20,22). The molecule has 0 aromatic carbocycles. The molecule has 116 valence electrons. The lowest BCUT2D eigenvalue weighted by molar-refractivity contribution is 0.0928. The fourth-order valence-corrected chi connectivity index (χ4v) is 2.72. The average Bonchev–Trinajstić information content (AvgIpc) is 2.94. The molecule has 22 heavy (non-hydrogen) atoms. The van der Waals surface area contributed by atoms with Crippen LogP contribution in [0.25, 0.3) is 0 Å². The van der Waals surface area contributed by atoms with Crippen LogP contribution in [-0.2, 0) is 13.0 Å². The van der Waals surface area contributed by atoms with Crippen molar-refractivity contribution in [1.29, 1.82) is 0 Å². The van der Waals surface area contributed by atoms with Crippen LogP contribution in [0.1, 0.15) is 36.5 Å². The zero-order valence-corrected chi connectivity index (χ0v) is 12.9. The van der Waals surface area contributed by atoms with Crippen LogP contribution in [-0.4, -0.2) is 32.5 Å². The second-order valence-electron chi connectivity index (χ2n) is 5.90. The number of amides is 1. The second-order valence-corrected chi connectivity index (χ2v) is 5.90. The monoisotopic (exact) mass is 299 g/mol. The maximum atomic E-state index is 12.5. The highest BCUT2D eigenvalue weighted by molar-refractivity contribution is 5.98. The number of nitrogens with zero attached hydrogens (tertiary/aromatic N) is 3.